The molecule has 0 unspecified atom stereocenters. The molecule has 27 heavy (non-hydrogen) atoms. The second-order valence-electron chi connectivity index (χ2n) is 7.10. The highest BCUT2D eigenvalue weighted by Crippen LogP contribution is 2.40. The van der Waals surface area contributed by atoms with E-state index in [1.54, 1.807) is 17.1 Å². The molecule has 1 fully saturated rings. The monoisotopic (exact) mass is 360 g/mol. The van der Waals surface area contributed by atoms with Crippen LogP contribution in [0.15, 0.2) is 41.7 Å². The first kappa shape index (κ1) is 16.0. The van der Waals surface area contributed by atoms with Crippen LogP contribution in [0.25, 0.3) is 22.6 Å². The predicted octanol–water partition coefficient (Wildman–Crippen LogP) is 3.02. The second-order valence-corrected chi connectivity index (χ2v) is 7.10. The van der Waals surface area contributed by atoms with Crippen molar-refractivity contribution in [3.05, 3.63) is 64.1 Å². The molecule has 0 amide bonds. The lowest BCUT2D eigenvalue weighted by molar-refractivity contribution is 0.842. The highest BCUT2D eigenvalue weighted by molar-refractivity contribution is 5.76. The lowest BCUT2D eigenvalue weighted by atomic mass is 10.1. The van der Waals surface area contributed by atoms with E-state index >= 15 is 0 Å². The summed E-state index contributed by atoms with van der Waals surface area (Å²) < 4.78 is 3.21. The minimum Gasteiger partial charge on any atom is -0.343 e. The molecule has 4 aromatic rings. The highest BCUT2D eigenvalue weighted by Gasteiger charge is 2.24. The maximum Gasteiger partial charge on any atom is 0.277 e. The lowest BCUT2D eigenvalue weighted by Crippen LogP contribution is -2.21. The molecule has 0 spiro atoms. The third-order valence-corrected chi connectivity index (χ3v) is 5.28. The van der Waals surface area contributed by atoms with E-state index in [-0.39, 0.29) is 5.56 Å². The van der Waals surface area contributed by atoms with E-state index in [9.17, 15) is 4.79 Å². The number of hydrogen-bond donors (Lipinski definition) is 1. The van der Waals surface area contributed by atoms with Crippen LogP contribution in [-0.4, -0.2) is 29.4 Å². The van der Waals surface area contributed by atoms with Crippen molar-refractivity contribution in [2.45, 2.75) is 39.0 Å². The van der Waals surface area contributed by atoms with Gasteiger partial charge in [0.1, 0.15) is 5.65 Å². The van der Waals surface area contributed by atoms with E-state index in [1.165, 1.54) is 22.9 Å². The molecule has 0 atom stereocenters. The van der Waals surface area contributed by atoms with E-state index in [4.69, 9.17) is 0 Å². The van der Waals surface area contributed by atoms with Crippen molar-refractivity contribution in [2.75, 3.05) is 0 Å². The van der Waals surface area contributed by atoms with Crippen LogP contribution in [0.4, 0.5) is 0 Å². The molecule has 0 aromatic carbocycles. The summed E-state index contributed by atoms with van der Waals surface area (Å²) in [6.45, 7) is 3.90. The fraction of sp³-hybridized carbons (Fsp3) is 0.300. The second kappa shape index (κ2) is 5.90. The SMILES string of the molecule is CCc1c(C)[nH]c2c(-c3cnn(-c4cc(C5CC5)ccn4)c3)cnn2c1=O. The Labute approximate surface area is 155 Å². The summed E-state index contributed by atoms with van der Waals surface area (Å²) in [5.41, 5.74) is 5.32. The highest BCUT2D eigenvalue weighted by atomic mass is 16.1. The lowest BCUT2D eigenvalue weighted by Gasteiger charge is -2.04. The normalized spacial score (nSPS) is 14.1. The van der Waals surface area contributed by atoms with Gasteiger partial charge in [0.15, 0.2) is 5.82 Å². The Morgan fingerprint density at radius 3 is 2.89 bits per heavy atom. The van der Waals surface area contributed by atoms with Gasteiger partial charge in [-0.2, -0.15) is 14.7 Å². The molecule has 1 saturated carbocycles. The van der Waals surface area contributed by atoms with Gasteiger partial charge in [-0.25, -0.2) is 9.67 Å². The number of aromatic amines is 1. The van der Waals surface area contributed by atoms with Crippen LogP contribution >= 0.6 is 0 Å². The first-order chi connectivity index (χ1) is 13.2. The van der Waals surface area contributed by atoms with Gasteiger partial charge < -0.3 is 4.98 Å². The third-order valence-electron chi connectivity index (χ3n) is 5.28. The zero-order chi connectivity index (χ0) is 18.5. The molecule has 0 radical (unpaired) electrons. The number of aromatic nitrogens is 6. The van der Waals surface area contributed by atoms with Crippen LogP contribution < -0.4 is 5.56 Å². The van der Waals surface area contributed by atoms with Gasteiger partial charge in [-0.15, -0.1) is 0 Å². The van der Waals surface area contributed by atoms with Gasteiger partial charge in [-0.3, -0.25) is 4.79 Å². The summed E-state index contributed by atoms with van der Waals surface area (Å²) >= 11 is 0. The van der Waals surface area contributed by atoms with E-state index in [2.05, 4.69) is 32.3 Å². The van der Waals surface area contributed by atoms with Gasteiger partial charge in [-0.1, -0.05) is 6.92 Å². The Morgan fingerprint density at radius 1 is 1.26 bits per heavy atom. The molecular weight excluding hydrogens is 340 g/mol. The van der Waals surface area contributed by atoms with Crippen LogP contribution in [0.3, 0.4) is 0 Å². The summed E-state index contributed by atoms with van der Waals surface area (Å²) in [6.07, 6.45) is 10.4. The number of nitrogens with zero attached hydrogens (tertiary/aromatic N) is 5. The Balaban J connectivity index is 1.59. The van der Waals surface area contributed by atoms with Crippen LogP contribution in [-0.2, 0) is 6.42 Å². The quantitative estimate of drug-likeness (QED) is 0.607. The van der Waals surface area contributed by atoms with E-state index < -0.39 is 0 Å². The number of nitrogens with one attached hydrogen (secondary N) is 1. The number of rotatable bonds is 4. The Bertz CT molecular complexity index is 1210. The molecule has 7 heteroatoms. The Morgan fingerprint density at radius 2 is 2.11 bits per heavy atom. The zero-order valence-corrected chi connectivity index (χ0v) is 15.3. The average molecular weight is 360 g/mol. The molecule has 5 rings (SSSR count). The van der Waals surface area contributed by atoms with Crippen molar-refractivity contribution in [3.8, 4) is 16.9 Å². The molecule has 0 bridgehead atoms. The largest absolute Gasteiger partial charge is 0.343 e. The number of hydrogen-bond acceptors (Lipinski definition) is 4. The molecule has 1 aliphatic carbocycles. The number of aryl methyl sites for hydroxylation is 1. The van der Waals surface area contributed by atoms with Crippen molar-refractivity contribution in [3.63, 3.8) is 0 Å². The van der Waals surface area contributed by atoms with E-state index in [0.29, 0.717) is 18.0 Å². The molecule has 0 saturated heterocycles. The third kappa shape index (κ3) is 2.58. The molecule has 4 aromatic heterocycles. The molecular formula is C20H20N6O. The van der Waals surface area contributed by atoms with E-state index in [1.807, 2.05) is 26.2 Å². The maximum atomic E-state index is 12.6. The molecule has 1 N–H and O–H groups in total. The number of fused-ring (bicyclic) bond motifs is 1. The summed E-state index contributed by atoms with van der Waals surface area (Å²) in [5.74, 6) is 1.47. The van der Waals surface area contributed by atoms with Crippen molar-refractivity contribution in [1.82, 2.24) is 29.4 Å². The van der Waals surface area contributed by atoms with Crippen molar-refractivity contribution < 1.29 is 0 Å². The molecule has 4 heterocycles. The summed E-state index contributed by atoms with van der Waals surface area (Å²) in [6, 6.07) is 4.18. The van der Waals surface area contributed by atoms with Crippen molar-refractivity contribution in [2.24, 2.45) is 0 Å². The fourth-order valence-electron chi connectivity index (χ4n) is 3.61. The first-order valence-electron chi connectivity index (χ1n) is 9.26. The smallest absolute Gasteiger partial charge is 0.277 e. The van der Waals surface area contributed by atoms with Gasteiger partial charge in [0.25, 0.3) is 5.56 Å². The maximum absolute atomic E-state index is 12.6. The Kier molecular flexibility index (Phi) is 3.50. The van der Waals surface area contributed by atoms with Gasteiger partial charge in [0.2, 0.25) is 0 Å². The summed E-state index contributed by atoms with van der Waals surface area (Å²) in [5, 5.41) is 8.77. The fourth-order valence-corrected chi connectivity index (χ4v) is 3.61. The first-order valence-corrected chi connectivity index (χ1v) is 9.26. The van der Waals surface area contributed by atoms with Gasteiger partial charge >= 0.3 is 0 Å². The zero-order valence-electron chi connectivity index (χ0n) is 15.3. The minimum absolute atomic E-state index is 0.0683. The average Bonchev–Trinajstić information content (AvgIpc) is 3.26. The minimum atomic E-state index is -0.0683. The van der Waals surface area contributed by atoms with Gasteiger partial charge in [0.05, 0.1) is 12.4 Å². The molecule has 7 nitrogen and oxygen atoms in total. The van der Waals surface area contributed by atoms with E-state index in [0.717, 1.165) is 28.2 Å². The van der Waals surface area contributed by atoms with Crippen molar-refractivity contribution in [1.29, 1.82) is 0 Å². The van der Waals surface area contributed by atoms with Gasteiger partial charge in [-0.05, 0) is 49.8 Å². The number of H-pyrrole nitrogens is 1. The summed E-state index contributed by atoms with van der Waals surface area (Å²) in [4.78, 5) is 20.4. The van der Waals surface area contributed by atoms with Crippen LogP contribution in [0, 0.1) is 6.92 Å². The molecule has 0 aliphatic heterocycles. The number of pyridine rings is 1. The van der Waals surface area contributed by atoms with Crippen LogP contribution in [0.5, 0.6) is 0 Å². The standard InChI is InChI=1S/C20H20N6O/c1-3-16-12(2)24-19-17(10-23-26(19)20(16)27)15-9-22-25(11-15)18-8-14(6-7-21-18)13-4-5-13/h6-11,13,24H,3-5H2,1-2H3. The predicted molar refractivity (Wildman–Crippen MR) is 102 cm³/mol. The molecule has 136 valence electrons. The molecule has 1 aliphatic rings. The summed E-state index contributed by atoms with van der Waals surface area (Å²) in [7, 11) is 0. The van der Waals surface area contributed by atoms with Gasteiger partial charge in [0, 0.05) is 34.8 Å². The Hall–Kier alpha value is -3.22. The topological polar surface area (TPSA) is 80.9 Å². The van der Waals surface area contributed by atoms with Crippen molar-refractivity contribution >= 4 is 5.65 Å². The van der Waals surface area contributed by atoms with Crippen LogP contribution in [0.1, 0.15) is 42.5 Å². The van der Waals surface area contributed by atoms with Crippen LogP contribution in [0.2, 0.25) is 0 Å².